The van der Waals surface area contributed by atoms with Crippen molar-refractivity contribution in [3.63, 3.8) is 0 Å². The minimum atomic E-state index is -3.19. The van der Waals surface area contributed by atoms with Crippen molar-refractivity contribution in [2.45, 2.75) is 19.4 Å². The van der Waals surface area contributed by atoms with Crippen molar-refractivity contribution in [1.29, 1.82) is 5.26 Å². The number of likely N-dealkylation sites (N-methyl/N-ethyl adjacent to an activating group) is 2. The molecule has 1 N–H and O–H groups in total. The Bertz CT molecular complexity index is 430. The van der Waals surface area contributed by atoms with Crippen LogP contribution >= 0.6 is 0 Å². The molecule has 1 atom stereocenters. The zero-order valence-corrected chi connectivity index (χ0v) is 12.7. The van der Waals surface area contributed by atoms with Gasteiger partial charge in [0.1, 0.15) is 0 Å². The summed E-state index contributed by atoms with van der Waals surface area (Å²) < 4.78 is 23.5. The third kappa shape index (κ3) is 7.10. The largest absolute Gasteiger partial charge is 0.343 e. The average Bonchev–Trinajstić information content (AvgIpc) is 2.33. The van der Waals surface area contributed by atoms with Gasteiger partial charge in [-0.2, -0.15) is 5.26 Å². The van der Waals surface area contributed by atoms with Crippen molar-refractivity contribution in [2.24, 2.45) is 0 Å². The summed E-state index contributed by atoms with van der Waals surface area (Å²) >= 11 is 0. The van der Waals surface area contributed by atoms with Crippen LogP contribution in [0.2, 0.25) is 0 Å². The summed E-state index contributed by atoms with van der Waals surface area (Å²) in [5, 5.41) is 11.4. The molecule has 0 aliphatic heterocycles. The highest BCUT2D eigenvalue weighted by Gasteiger charge is 2.17. The van der Waals surface area contributed by atoms with Crippen LogP contribution in [-0.4, -0.2) is 69.6 Å². The van der Waals surface area contributed by atoms with Gasteiger partial charge in [-0.15, -0.1) is 0 Å². The molecule has 0 saturated heterocycles. The van der Waals surface area contributed by atoms with E-state index in [2.05, 4.69) is 5.32 Å². The van der Waals surface area contributed by atoms with Gasteiger partial charge >= 0.3 is 0 Å². The van der Waals surface area contributed by atoms with Crippen LogP contribution in [0.25, 0.3) is 0 Å². The lowest BCUT2D eigenvalue weighted by molar-refractivity contribution is -0.131. The second-order valence-corrected chi connectivity index (χ2v) is 6.52. The van der Waals surface area contributed by atoms with Crippen molar-refractivity contribution in [3.8, 4) is 6.07 Å². The Balaban J connectivity index is 4.08. The molecule has 0 heterocycles. The third-order valence-electron chi connectivity index (χ3n) is 2.75. The van der Waals surface area contributed by atoms with E-state index >= 15 is 0 Å². The van der Waals surface area contributed by atoms with Gasteiger partial charge in [0.15, 0.2) is 0 Å². The molecule has 19 heavy (non-hydrogen) atoms. The highest BCUT2D eigenvalue weighted by Crippen LogP contribution is 1.95. The maximum Gasteiger partial charge on any atom is 0.239 e. The Hall–Kier alpha value is -1.17. The average molecular weight is 290 g/mol. The molecule has 110 valence electrons. The number of carbonyl (C=O) groups excluding carboxylic acids is 1. The van der Waals surface area contributed by atoms with Gasteiger partial charge in [-0.3, -0.25) is 4.79 Å². The Morgan fingerprint density at radius 3 is 2.42 bits per heavy atom. The number of hydrogen-bond acceptors (Lipinski definition) is 5. The standard InChI is InChI=1S/C11H22N4O3S/c1-10(11(16)14(2)8-5-6-12)13-7-9-15(3)19(4,17)18/h10,13H,5,7-9H2,1-4H3. The number of sulfonamides is 1. The van der Waals surface area contributed by atoms with Crippen LogP contribution in [0.4, 0.5) is 0 Å². The second kappa shape index (κ2) is 8.09. The van der Waals surface area contributed by atoms with E-state index in [0.29, 0.717) is 26.1 Å². The van der Waals surface area contributed by atoms with Crippen molar-refractivity contribution in [2.75, 3.05) is 40.0 Å². The van der Waals surface area contributed by atoms with Gasteiger partial charge in [0.2, 0.25) is 15.9 Å². The van der Waals surface area contributed by atoms with E-state index in [1.165, 1.54) is 16.3 Å². The zero-order valence-electron chi connectivity index (χ0n) is 11.9. The molecule has 1 unspecified atom stereocenters. The summed E-state index contributed by atoms with van der Waals surface area (Å²) in [7, 11) is -0.0594. The molecule has 0 saturated carbocycles. The van der Waals surface area contributed by atoms with Gasteiger partial charge in [-0.05, 0) is 6.92 Å². The molecule has 0 radical (unpaired) electrons. The van der Waals surface area contributed by atoms with E-state index in [9.17, 15) is 13.2 Å². The van der Waals surface area contributed by atoms with Crippen molar-refractivity contribution in [3.05, 3.63) is 0 Å². The van der Waals surface area contributed by atoms with Crippen LogP contribution in [0.3, 0.4) is 0 Å². The fourth-order valence-corrected chi connectivity index (χ4v) is 1.77. The summed E-state index contributed by atoms with van der Waals surface area (Å²) in [6.07, 6.45) is 1.43. The van der Waals surface area contributed by atoms with E-state index in [1.54, 1.807) is 14.0 Å². The first-order valence-corrected chi connectivity index (χ1v) is 7.81. The number of hydrogen-bond donors (Lipinski definition) is 1. The molecule has 7 nitrogen and oxygen atoms in total. The summed E-state index contributed by atoms with van der Waals surface area (Å²) in [6.45, 7) is 2.80. The molecular weight excluding hydrogens is 268 g/mol. The van der Waals surface area contributed by atoms with Crippen LogP contribution < -0.4 is 5.32 Å². The Morgan fingerprint density at radius 1 is 1.37 bits per heavy atom. The topological polar surface area (TPSA) is 93.5 Å². The number of nitriles is 1. The first kappa shape index (κ1) is 17.8. The van der Waals surface area contributed by atoms with Gasteiger partial charge in [0, 0.05) is 33.7 Å². The smallest absolute Gasteiger partial charge is 0.239 e. The lowest BCUT2D eigenvalue weighted by Gasteiger charge is -2.22. The molecular formula is C11H22N4O3S. The third-order valence-corrected chi connectivity index (χ3v) is 4.06. The monoisotopic (exact) mass is 290 g/mol. The second-order valence-electron chi connectivity index (χ2n) is 4.43. The van der Waals surface area contributed by atoms with Gasteiger partial charge in [-0.1, -0.05) is 0 Å². The predicted molar refractivity (Wildman–Crippen MR) is 72.8 cm³/mol. The Kier molecular flexibility index (Phi) is 7.59. The van der Waals surface area contributed by atoms with Crippen molar-refractivity contribution < 1.29 is 13.2 Å². The van der Waals surface area contributed by atoms with E-state index < -0.39 is 16.1 Å². The fraction of sp³-hybridized carbons (Fsp3) is 0.818. The van der Waals surface area contributed by atoms with Crippen LogP contribution in [0.5, 0.6) is 0 Å². The summed E-state index contributed by atoms with van der Waals surface area (Å²) in [5.74, 6) is -0.114. The quantitative estimate of drug-likeness (QED) is 0.633. The summed E-state index contributed by atoms with van der Waals surface area (Å²) in [5.41, 5.74) is 0. The normalized spacial score (nSPS) is 13.1. The molecule has 1 amide bonds. The van der Waals surface area contributed by atoms with Crippen LogP contribution in [0.1, 0.15) is 13.3 Å². The number of carbonyl (C=O) groups is 1. The zero-order chi connectivity index (χ0) is 15.1. The maximum absolute atomic E-state index is 11.8. The summed E-state index contributed by atoms with van der Waals surface area (Å²) in [4.78, 5) is 13.3. The summed E-state index contributed by atoms with van der Waals surface area (Å²) in [6, 6.07) is 1.57. The van der Waals surface area contributed by atoms with E-state index in [0.717, 1.165) is 6.26 Å². The fourth-order valence-electron chi connectivity index (χ4n) is 1.35. The SMILES string of the molecule is CC(NCCN(C)S(C)(=O)=O)C(=O)N(C)CCC#N. The molecule has 0 aliphatic carbocycles. The maximum atomic E-state index is 11.8. The number of amides is 1. The lowest BCUT2D eigenvalue weighted by Crippen LogP contribution is -2.45. The Labute approximate surface area is 115 Å². The van der Waals surface area contributed by atoms with Gasteiger partial charge in [0.05, 0.1) is 24.8 Å². The van der Waals surface area contributed by atoms with Gasteiger partial charge in [0.25, 0.3) is 0 Å². The van der Waals surface area contributed by atoms with E-state index in [4.69, 9.17) is 5.26 Å². The van der Waals surface area contributed by atoms with E-state index in [1.807, 2.05) is 6.07 Å². The minimum absolute atomic E-state index is 0.114. The van der Waals surface area contributed by atoms with Crippen LogP contribution in [-0.2, 0) is 14.8 Å². The molecule has 0 bridgehead atoms. The van der Waals surface area contributed by atoms with Crippen molar-refractivity contribution >= 4 is 15.9 Å². The molecule has 0 spiro atoms. The molecule has 0 aliphatic rings. The van der Waals surface area contributed by atoms with E-state index in [-0.39, 0.29) is 5.91 Å². The number of nitrogens with one attached hydrogen (secondary N) is 1. The number of rotatable bonds is 8. The predicted octanol–water partition coefficient (Wildman–Crippen LogP) is -0.772. The first-order valence-electron chi connectivity index (χ1n) is 5.96. The highest BCUT2D eigenvalue weighted by atomic mass is 32.2. The minimum Gasteiger partial charge on any atom is -0.343 e. The molecule has 0 fully saturated rings. The van der Waals surface area contributed by atoms with Crippen LogP contribution in [0, 0.1) is 11.3 Å². The first-order chi connectivity index (χ1) is 8.70. The molecule has 8 heteroatoms. The number of nitrogens with zero attached hydrogens (tertiary/aromatic N) is 3. The molecule has 0 aromatic heterocycles. The molecule has 0 rings (SSSR count). The van der Waals surface area contributed by atoms with Gasteiger partial charge < -0.3 is 10.2 Å². The van der Waals surface area contributed by atoms with Crippen molar-refractivity contribution in [1.82, 2.24) is 14.5 Å². The van der Waals surface area contributed by atoms with Gasteiger partial charge in [-0.25, -0.2) is 12.7 Å². The molecule has 0 aromatic rings. The lowest BCUT2D eigenvalue weighted by atomic mass is 10.3. The highest BCUT2D eigenvalue weighted by molar-refractivity contribution is 7.88. The Morgan fingerprint density at radius 2 is 1.95 bits per heavy atom. The molecule has 0 aromatic carbocycles. The van der Waals surface area contributed by atoms with Crippen LogP contribution in [0.15, 0.2) is 0 Å².